The van der Waals surface area contributed by atoms with Crippen LogP contribution in [0.5, 0.6) is 0 Å². The van der Waals surface area contributed by atoms with E-state index in [1.54, 1.807) is 24.0 Å². The van der Waals surface area contributed by atoms with Gasteiger partial charge >= 0.3 is 0 Å². The van der Waals surface area contributed by atoms with Gasteiger partial charge in [0, 0.05) is 41.5 Å². The van der Waals surface area contributed by atoms with Crippen LogP contribution in [-0.4, -0.2) is 42.8 Å². The number of nitrogens with zero attached hydrogens (tertiary/aromatic N) is 4. The van der Waals surface area contributed by atoms with Crippen LogP contribution >= 0.6 is 11.3 Å². The fourth-order valence-electron chi connectivity index (χ4n) is 3.47. The van der Waals surface area contributed by atoms with Crippen molar-refractivity contribution in [3.8, 4) is 22.5 Å². The van der Waals surface area contributed by atoms with Crippen molar-refractivity contribution in [2.45, 2.75) is 32.9 Å². The molecule has 0 aliphatic heterocycles. The quantitative estimate of drug-likeness (QED) is 0.365. The Balaban J connectivity index is 1.37. The Morgan fingerprint density at radius 2 is 1.86 bits per heavy atom. The Morgan fingerprint density at radius 1 is 1.11 bits per heavy atom. The minimum atomic E-state index is -0.353. The molecule has 0 aliphatic rings. The highest BCUT2D eigenvalue weighted by atomic mass is 32.1. The molecule has 0 saturated heterocycles. The molecule has 3 aromatic heterocycles. The van der Waals surface area contributed by atoms with Gasteiger partial charge in [-0.3, -0.25) is 14.3 Å². The van der Waals surface area contributed by atoms with E-state index in [1.165, 1.54) is 11.3 Å². The van der Waals surface area contributed by atoms with Crippen LogP contribution in [0.3, 0.4) is 0 Å². The van der Waals surface area contributed by atoms with Crippen molar-refractivity contribution in [2.24, 2.45) is 7.05 Å². The van der Waals surface area contributed by atoms with Gasteiger partial charge in [-0.15, -0.1) is 11.3 Å². The van der Waals surface area contributed by atoms with Crippen LogP contribution in [0.25, 0.3) is 22.5 Å². The molecule has 4 rings (SSSR count). The molecule has 3 heterocycles. The second kappa shape index (κ2) is 9.85. The summed E-state index contributed by atoms with van der Waals surface area (Å²) in [5.41, 5.74) is 4.36. The molecule has 0 saturated carbocycles. The molecule has 3 N–H and O–H groups in total. The summed E-state index contributed by atoms with van der Waals surface area (Å²) in [6.45, 7) is 5.91. The van der Waals surface area contributed by atoms with Gasteiger partial charge in [0.2, 0.25) is 5.91 Å². The average molecular weight is 493 g/mol. The van der Waals surface area contributed by atoms with Crippen LogP contribution < -0.4 is 10.6 Å². The van der Waals surface area contributed by atoms with E-state index < -0.39 is 0 Å². The molecule has 0 unspecified atom stereocenters. The number of rotatable bonds is 7. The predicted molar refractivity (Wildman–Crippen MR) is 136 cm³/mol. The van der Waals surface area contributed by atoms with Crippen LogP contribution in [0.2, 0.25) is 0 Å². The molecule has 0 spiro atoms. The molecule has 0 atom stereocenters. The van der Waals surface area contributed by atoms with E-state index in [2.05, 4.69) is 20.7 Å². The number of thiazole rings is 1. The first-order valence-electron chi connectivity index (χ1n) is 11.1. The first-order chi connectivity index (χ1) is 16.6. The third-order valence-corrected chi connectivity index (χ3v) is 6.24. The third-order valence-electron chi connectivity index (χ3n) is 5.48. The Labute approximate surface area is 207 Å². The van der Waals surface area contributed by atoms with Gasteiger partial charge in [-0.1, -0.05) is 18.2 Å². The smallest absolute Gasteiger partial charge is 0.253 e. The van der Waals surface area contributed by atoms with E-state index in [4.69, 9.17) is 0 Å². The van der Waals surface area contributed by atoms with Crippen molar-refractivity contribution >= 4 is 28.3 Å². The molecule has 0 bridgehead atoms. The summed E-state index contributed by atoms with van der Waals surface area (Å²) in [6.07, 6.45) is 3.62. The molecular weight excluding hydrogens is 464 g/mol. The molecule has 0 radical (unpaired) electrons. The number of nitrogens with one attached hydrogen (secondary N) is 2. The SMILES string of the molecule is Cn1nc(-c2cccc(-c3csc(NC(=O)CNC(=O)c4ccn(C(C)(C)C)c4)n3)c2)cc1CO. The number of aromatic nitrogens is 4. The lowest BCUT2D eigenvalue weighted by atomic mass is 10.1. The molecule has 182 valence electrons. The highest BCUT2D eigenvalue weighted by Gasteiger charge is 2.16. The van der Waals surface area contributed by atoms with Crippen molar-refractivity contribution in [2.75, 3.05) is 11.9 Å². The summed E-state index contributed by atoms with van der Waals surface area (Å²) in [5.74, 6) is -0.660. The van der Waals surface area contributed by atoms with Crippen LogP contribution in [0.15, 0.2) is 54.2 Å². The van der Waals surface area contributed by atoms with Crippen LogP contribution in [0, 0.1) is 0 Å². The Hall–Kier alpha value is -3.76. The second-order valence-electron chi connectivity index (χ2n) is 9.13. The van der Waals surface area contributed by atoms with Crippen molar-refractivity contribution < 1.29 is 14.7 Å². The number of carbonyl (C=O) groups is 2. The summed E-state index contributed by atoms with van der Waals surface area (Å²) in [7, 11) is 1.79. The highest BCUT2D eigenvalue weighted by Crippen LogP contribution is 2.28. The molecular formula is C25H28N6O3S. The molecule has 0 fully saturated rings. The number of amides is 2. The maximum Gasteiger partial charge on any atom is 0.253 e. The van der Waals surface area contributed by atoms with Crippen molar-refractivity contribution in [3.63, 3.8) is 0 Å². The lowest BCUT2D eigenvalue weighted by Crippen LogP contribution is -2.32. The summed E-state index contributed by atoms with van der Waals surface area (Å²) < 4.78 is 3.60. The zero-order valence-electron chi connectivity index (χ0n) is 20.1. The normalized spacial score (nSPS) is 11.5. The van der Waals surface area contributed by atoms with E-state index in [1.807, 2.05) is 67.2 Å². The first kappa shape index (κ1) is 24.4. The van der Waals surface area contributed by atoms with Crippen molar-refractivity contribution in [1.82, 2.24) is 24.6 Å². The number of anilines is 1. The topological polar surface area (TPSA) is 114 Å². The fourth-order valence-corrected chi connectivity index (χ4v) is 4.21. The number of aryl methyl sites for hydroxylation is 1. The largest absolute Gasteiger partial charge is 0.390 e. The van der Waals surface area contributed by atoms with Gasteiger partial charge in [-0.05, 0) is 39.0 Å². The van der Waals surface area contributed by atoms with E-state index in [-0.39, 0.29) is 30.5 Å². The molecule has 35 heavy (non-hydrogen) atoms. The second-order valence-corrected chi connectivity index (χ2v) is 9.99. The molecule has 1 aromatic carbocycles. The zero-order valence-corrected chi connectivity index (χ0v) is 20.9. The number of benzene rings is 1. The Bertz CT molecular complexity index is 1360. The number of hydrogen-bond acceptors (Lipinski definition) is 6. The van der Waals surface area contributed by atoms with Crippen LogP contribution in [0.1, 0.15) is 36.8 Å². The van der Waals surface area contributed by atoms with E-state index in [0.29, 0.717) is 10.7 Å². The maximum absolute atomic E-state index is 12.4. The number of aliphatic hydroxyl groups is 1. The lowest BCUT2D eigenvalue weighted by Gasteiger charge is -2.20. The first-order valence-corrected chi connectivity index (χ1v) is 12.0. The number of aliphatic hydroxyl groups excluding tert-OH is 1. The van der Waals surface area contributed by atoms with Gasteiger partial charge in [-0.2, -0.15) is 5.10 Å². The van der Waals surface area contributed by atoms with Crippen LogP contribution in [0.4, 0.5) is 5.13 Å². The van der Waals surface area contributed by atoms with E-state index >= 15 is 0 Å². The van der Waals surface area contributed by atoms with Gasteiger partial charge in [0.05, 0.1) is 35.8 Å². The monoisotopic (exact) mass is 492 g/mol. The van der Waals surface area contributed by atoms with Gasteiger partial charge < -0.3 is 20.3 Å². The van der Waals surface area contributed by atoms with Gasteiger partial charge in [0.25, 0.3) is 5.91 Å². The molecule has 0 aliphatic carbocycles. The van der Waals surface area contributed by atoms with Crippen molar-refractivity contribution in [3.05, 3.63) is 65.4 Å². The summed E-state index contributed by atoms with van der Waals surface area (Å²) in [4.78, 5) is 29.3. The van der Waals surface area contributed by atoms with Gasteiger partial charge in [0.1, 0.15) is 0 Å². The number of hydrogen-bond donors (Lipinski definition) is 3. The highest BCUT2D eigenvalue weighted by molar-refractivity contribution is 7.14. The fraction of sp³-hybridized carbons (Fsp3) is 0.280. The maximum atomic E-state index is 12.4. The zero-order chi connectivity index (χ0) is 25.2. The third kappa shape index (κ3) is 5.67. The Kier molecular flexibility index (Phi) is 6.86. The van der Waals surface area contributed by atoms with Crippen LogP contribution in [-0.2, 0) is 24.0 Å². The summed E-state index contributed by atoms with van der Waals surface area (Å²) in [6, 6.07) is 11.3. The van der Waals surface area contributed by atoms with E-state index in [0.717, 1.165) is 28.2 Å². The number of carbonyl (C=O) groups excluding carboxylic acids is 2. The minimum Gasteiger partial charge on any atom is -0.390 e. The summed E-state index contributed by atoms with van der Waals surface area (Å²) in [5, 5.41) is 21.6. The van der Waals surface area contributed by atoms with Gasteiger partial charge in [0.15, 0.2) is 5.13 Å². The lowest BCUT2D eigenvalue weighted by molar-refractivity contribution is -0.115. The molecule has 4 aromatic rings. The Morgan fingerprint density at radius 3 is 2.51 bits per heavy atom. The van der Waals surface area contributed by atoms with Gasteiger partial charge in [-0.25, -0.2) is 4.98 Å². The molecule has 9 nitrogen and oxygen atoms in total. The molecule has 10 heteroatoms. The standard InChI is InChI=1S/C25H28N6O3S/c1-25(2,3)31-9-8-18(13-31)23(34)26-12-22(33)28-24-27-21(15-35-24)17-7-5-6-16(10-17)20-11-19(14-32)30(4)29-20/h5-11,13,15,32H,12,14H2,1-4H3,(H,26,34)(H,27,28,33). The minimum absolute atomic E-state index is 0.0809. The molecule has 2 amide bonds. The van der Waals surface area contributed by atoms with Crippen molar-refractivity contribution in [1.29, 1.82) is 0 Å². The van der Waals surface area contributed by atoms with E-state index in [9.17, 15) is 14.7 Å². The average Bonchev–Trinajstić information content (AvgIpc) is 3.57. The predicted octanol–water partition coefficient (Wildman–Crippen LogP) is 3.63. The summed E-state index contributed by atoms with van der Waals surface area (Å²) >= 11 is 1.31.